The van der Waals surface area contributed by atoms with Gasteiger partial charge >= 0.3 is 6.18 Å². The van der Waals surface area contributed by atoms with Crippen LogP contribution in [0.3, 0.4) is 0 Å². The highest BCUT2D eigenvalue weighted by Gasteiger charge is 2.29. The van der Waals surface area contributed by atoms with Crippen molar-refractivity contribution in [1.82, 2.24) is 10.2 Å². The lowest BCUT2D eigenvalue weighted by molar-refractivity contribution is -0.153. The topological polar surface area (TPSA) is 24.5 Å². The lowest BCUT2D eigenvalue weighted by atomic mass is 10.0. The van der Waals surface area contributed by atoms with E-state index in [1.807, 2.05) is 7.05 Å². The van der Waals surface area contributed by atoms with Crippen LogP contribution in [0.1, 0.15) is 18.4 Å². The Labute approximate surface area is 139 Å². The number of likely N-dealkylation sites (N-methyl/N-ethyl adjacent to an activating group) is 1. The Kier molecular flexibility index (Phi) is 7.57. The van der Waals surface area contributed by atoms with E-state index in [-0.39, 0.29) is 18.2 Å². The van der Waals surface area contributed by atoms with Crippen LogP contribution in [0.15, 0.2) is 18.2 Å². The van der Waals surface area contributed by atoms with E-state index in [2.05, 4.69) is 15.0 Å². The minimum Gasteiger partial charge on any atom is -0.481 e. The van der Waals surface area contributed by atoms with Gasteiger partial charge in [-0.1, -0.05) is 6.07 Å². The molecule has 23 heavy (non-hydrogen) atoms. The number of nitrogens with one attached hydrogen (secondary N) is 1. The van der Waals surface area contributed by atoms with Crippen molar-refractivity contribution in [2.75, 3.05) is 26.7 Å². The molecule has 1 N–H and O–H groups in total. The molecule has 0 saturated carbocycles. The van der Waals surface area contributed by atoms with Gasteiger partial charge < -0.3 is 10.1 Å². The molecule has 0 radical (unpaired) electrons. The largest absolute Gasteiger partial charge is 0.481 e. The van der Waals surface area contributed by atoms with Crippen LogP contribution in [0.2, 0.25) is 0 Å². The molecule has 8 heteroatoms. The van der Waals surface area contributed by atoms with Crippen molar-refractivity contribution in [2.24, 2.45) is 0 Å². The second-order valence-corrected chi connectivity index (χ2v) is 5.53. The van der Waals surface area contributed by atoms with Crippen LogP contribution in [0.5, 0.6) is 5.75 Å². The van der Waals surface area contributed by atoms with Crippen molar-refractivity contribution in [3.63, 3.8) is 0 Å². The second-order valence-electron chi connectivity index (χ2n) is 5.53. The van der Waals surface area contributed by atoms with Crippen molar-refractivity contribution in [1.29, 1.82) is 0 Å². The van der Waals surface area contributed by atoms with Gasteiger partial charge in [-0.25, -0.2) is 4.39 Å². The fraction of sp³-hybridized carbons (Fsp3) is 0.600. The molecule has 1 saturated heterocycles. The van der Waals surface area contributed by atoms with Crippen molar-refractivity contribution in [3.8, 4) is 5.75 Å². The number of benzene rings is 1. The summed E-state index contributed by atoms with van der Waals surface area (Å²) in [6, 6.07) is 4.54. The predicted molar refractivity (Wildman–Crippen MR) is 82.6 cm³/mol. The van der Waals surface area contributed by atoms with E-state index in [0.717, 1.165) is 31.5 Å². The molecule has 1 aromatic carbocycles. The Hall–Kier alpha value is -1.05. The number of hydrogen-bond acceptors (Lipinski definition) is 3. The third-order valence-electron chi connectivity index (χ3n) is 3.71. The van der Waals surface area contributed by atoms with Gasteiger partial charge in [-0.3, -0.25) is 4.90 Å². The lowest BCUT2D eigenvalue weighted by Gasteiger charge is -2.32. The Balaban J connectivity index is 0.00000264. The average Bonchev–Trinajstić information content (AvgIpc) is 2.45. The van der Waals surface area contributed by atoms with Gasteiger partial charge in [-0.05, 0) is 44.1 Å². The van der Waals surface area contributed by atoms with Gasteiger partial charge in [-0.15, -0.1) is 12.4 Å². The van der Waals surface area contributed by atoms with Crippen LogP contribution in [0, 0.1) is 5.82 Å². The van der Waals surface area contributed by atoms with E-state index in [4.69, 9.17) is 0 Å². The predicted octanol–water partition coefficient (Wildman–Crippen LogP) is 3.37. The highest BCUT2D eigenvalue weighted by atomic mass is 35.5. The number of halogens is 5. The first-order chi connectivity index (χ1) is 10.4. The van der Waals surface area contributed by atoms with E-state index in [9.17, 15) is 17.6 Å². The molecule has 1 fully saturated rings. The summed E-state index contributed by atoms with van der Waals surface area (Å²) < 4.78 is 54.5. The highest BCUT2D eigenvalue weighted by Crippen LogP contribution is 2.23. The molecular formula is C15H21ClF4N2O. The quantitative estimate of drug-likeness (QED) is 0.819. The molecule has 0 bridgehead atoms. The van der Waals surface area contributed by atoms with Gasteiger partial charge in [0.25, 0.3) is 0 Å². The van der Waals surface area contributed by atoms with Gasteiger partial charge in [0.1, 0.15) is 0 Å². The molecular weight excluding hydrogens is 336 g/mol. The third-order valence-corrected chi connectivity index (χ3v) is 3.71. The number of rotatable bonds is 5. The lowest BCUT2D eigenvalue weighted by Crippen LogP contribution is -2.43. The van der Waals surface area contributed by atoms with Crippen LogP contribution in [-0.2, 0) is 6.54 Å². The van der Waals surface area contributed by atoms with E-state index in [1.54, 1.807) is 6.07 Å². The van der Waals surface area contributed by atoms with Crippen LogP contribution >= 0.6 is 12.4 Å². The van der Waals surface area contributed by atoms with Crippen LogP contribution in [0.4, 0.5) is 17.6 Å². The van der Waals surface area contributed by atoms with E-state index in [1.165, 1.54) is 12.1 Å². The summed E-state index contributed by atoms with van der Waals surface area (Å²) in [4.78, 5) is 2.20. The molecule has 132 valence electrons. The van der Waals surface area contributed by atoms with Crippen LogP contribution in [0.25, 0.3) is 0 Å². The molecule has 0 aliphatic carbocycles. The van der Waals surface area contributed by atoms with Gasteiger partial charge in [0.2, 0.25) is 0 Å². The number of alkyl halides is 3. The molecule has 0 spiro atoms. The number of hydrogen-bond donors (Lipinski definition) is 1. The monoisotopic (exact) mass is 356 g/mol. The zero-order valence-corrected chi connectivity index (χ0v) is 13.6. The number of piperidine rings is 1. The Bertz CT molecular complexity index is 499. The summed E-state index contributed by atoms with van der Waals surface area (Å²) in [6.45, 7) is 0.907. The average molecular weight is 357 g/mol. The summed E-state index contributed by atoms with van der Waals surface area (Å²) in [6.07, 6.45) is -2.28. The van der Waals surface area contributed by atoms with Crippen molar-refractivity contribution in [3.05, 3.63) is 29.6 Å². The minimum absolute atomic E-state index is 0. The van der Waals surface area contributed by atoms with Gasteiger partial charge in [0.15, 0.2) is 18.2 Å². The first-order valence-electron chi connectivity index (χ1n) is 7.25. The molecule has 1 atom stereocenters. The number of ether oxygens (including phenoxy) is 1. The van der Waals surface area contributed by atoms with Gasteiger partial charge in [0.05, 0.1) is 0 Å². The summed E-state index contributed by atoms with van der Waals surface area (Å²) in [5.41, 5.74) is 0.730. The zero-order valence-electron chi connectivity index (χ0n) is 12.8. The first-order valence-corrected chi connectivity index (χ1v) is 7.25. The fourth-order valence-electron chi connectivity index (χ4n) is 2.61. The molecule has 1 aromatic rings. The van der Waals surface area contributed by atoms with E-state index in [0.29, 0.717) is 12.6 Å². The Morgan fingerprint density at radius 2 is 2.09 bits per heavy atom. The maximum Gasteiger partial charge on any atom is 0.422 e. The van der Waals surface area contributed by atoms with Crippen molar-refractivity contribution in [2.45, 2.75) is 31.6 Å². The van der Waals surface area contributed by atoms with Crippen LogP contribution < -0.4 is 10.1 Å². The van der Waals surface area contributed by atoms with Crippen LogP contribution in [-0.4, -0.2) is 43.9 Å². The molecule has 1 aliphatic heterocycles. The Morgan fingerprint density at radius 3 is 2.70 bits per heavy atom. The third kappa shape index (κ3) is 6.53. The highest BCUT2D eigenvalue weighted by molar-refractivity contribution is 5.85. The van der Waals surface area contributed by atoms with Gasteiger partial charge in [-0.2, -0.15) is 13.2 Å². The Morgan fingerprint density at radius 1 is 1.35 bits per heavy atom. The molecule has 2 rings (SSSR count). The normalized spacial score (nSPS) is 19.3. The second kappa shape index (κ2) is 8.70. The summed E-state index contributed by atoms with van der Waals surface area (Å²) in [7, 11) is 1.92. The van der Waals surface area contributed by atoms with Crippen molar-refractivity contribution >= 4 is 12.4 Å². The fourth-order valence-corrected chi connectivity index (χ4v) is 2.61. The van der Waals surface area contributed by atoms with E-state index >= 15 is 0 Å². The molecule has 1 unspecified atom stereocenters. The molecule has 3 nitrogen and oxygen atoms in total. The molecule has 1 heterocycles. The minimum atomic E-state index is -4.47. The SMILES string of the molecule is CNC1CCCN(Cc2ccc(OCC(F)(F)F)c(F)c2)C1.Cl. The molecule has 1 aliphatic rings. The smallest absolute Gasteiger partial charge is 0.422 e. The molecule has 0 amide bonds. The maximum atomic E-state index is 13.8. The number of nitrogens with zero attached hydrogens (tertiary/aromatic N) is 1. The van der Waals surface area contributed by atoms with Crippen molar-refractivity contribution < 1.29 is 22.3 Å². The maximum absolute atomic E-state index is 13.8. The number of likely N-dealkylation sites (tertiary alicyclic amines) is 1. The first kappa shape index (κ1) is 20.0. The molecule has 0 aromatic heterocycles. The van der Waals surface area contributed by atoms with E-state index < -0.39 is 18.6 Å². The summed E-state index contributed by atoms with van der Waals surface area (Å²) in [5.74, 6) is -1.13. The summed E-state index contributed by atoms with van der Waals surface area (Å²) >= 11 is 0. The van der Waals surface area contributed by atoms with Gasteiger partial charge in [0, 0.05) is 19.1 Å². The standard InChI is InChI=1S/C15H20F4N2O.ClH/c1-20-12-3-2-6-21(9-12)8-11-4-5-14(13(16)7-11)22-10-15(17,18)19;/h4-5,7,12,20H,2-3,6,8-10H2,1H3;1H. The zero-order chi connectivity index (χ0) is 16.2. The summed E-state index contributed by atoms with van der Waals surface area (Å²) in [5, 5.41) is 3.23.